The van der Waals surface area contributed by atoms with Gasteiger partial charge in [0.05, 0.1) is 0 Å². The Hall–Kier alpha value is -0.780. The normalized spacial score (nSPS) is 13.3. The zero-order valence-corrected chi connectivity index (χ0v) is 9.72. The first kappa shape index (κ1) is 14.2. The molecule has 0 fully saturated rings. The van der Waals surface area contributed by atoms with Crippen molar-refractivity contribution in [3.63, 3.8) is 0 Å². The molecule has 15 heavy (non-hydrogen) atoms. The van der Waals surface area contributed by atoms with Crippen molar-refractivity contribution in [2.24, 2.45) is 5.92 Å². The Morgan fingerprint density at radius 1 is 0.867 bits per heavy atom. The van der Waals surface area contributed by atoms with Crippen LogP contribution in [0.2, 0.25) is 0 Å². The van der Waals surface area contributed by atoms with Gasteiger partial charge in [-0.3, -0.25) is 0 Å². The standard InChI is InChI=1S/C10H12.C4H10.CH4/c1-2-6-10-8-4-3-7-9(10)5-1;1-4(2)3;/h1-2,5-6H,3-4,7-8H2;4H,1-3H3;1H4. The Kier molecular flexibility index (Phi) is 7.11. The zero-order chi connectivity index (χ0) is 10.4. The van der Waals surface area contributed by atoms with Gasteiger partial charge in [0, 0.05) is 0 Å². The molecule has 0 aliphatic heterocycles. The third kappa shape index (κ3) is 5.61. The highest BCUT2D eigenvalue weighted by molar-refractivity contribution is 5.28. The van der Waals surface area contributed by atoms with Crippen LogP contribution >= 0.6 is 0 Å². The van der Waals surface area contributed by atoms with Crippen LogP contribution in [-0.4, -0.2) is 0 Å². The minimum atomic E-state index is 0. The molecule has 0 saturated heterocycles. The highest BCUT2D eigenvalue weighted by Gasteiger charge is 2.05. The summed E-state index contributed by atoms with van der Waals surface area (Å²) in [6.45, 7) is 6.50. The second-order valence-corrected chi connectivity index (χ2v) is 4.71. The predicted octanol–water partition coefficient (Wildman–Crippen LogP) is 4.86. The SMILES string of the molecule is C.CC(C)C.c1ccc2c(c1)CCCC2. The molecule has 0 nitrogen and oxygen atoms in total. The van der Waals surface area contributed by atoms with Gasteiger partial charge in [-0.15, -0.1) is 0 Å². The van der Waals surface area contributed by atoms with Crippen molar-refractivity contribution in [2.45, 2.75) is 53.9 Å². The summed E-state index contributed by atoms with van der Waals surface area (Å²) in [7, 11) is 0. The maximum Gasteiger partial charge on any atom is -0.0276 e. The summed E-state index contributed by atoms with van der Waals surface area (Å²) in [5.41, 5.74) is 3.16. The molecule has 1 aromatic carbocycles. The molecule has 0 unspecified atom stereocenters. The van der Waals surface area contributed by atoms with Gasteiger partial charge in [0.1, 0.15) is 0 Å². The van der Waals surface area contributed by atoms with Gasteiger partial charge in [-0.2, -0.15) is 0 Å². The van der Waals surface area contributed by atoms with E-state index in [1.165, 1.54) is 25.7 Å². The quantitative estimate of drug-likeness (QED) is 0.568. The van der Waals surface area contributed by atoms with Gasteiger partial charge in [-0.25, -0.2) is 0 Å². The van der Waals surface area contributed by atoms with E-state index in [2.05, 4.69) is 45.0 Å². The molecule has 0 radical (unpaired) electrons. The van der Waals surface area contributed by atoms with Crippen molar-refractivity contribution in [1.29, 1.82) is 0 Å². The van der Waals surface area contributed by atoms with Gasteiger partial charge < -0.3 is 0 Å². The Bertz CT molecular complexity index is 233. The molecule has 0 saturated carbocycles. The molecule has 86 valence electrons. The highest BCUT2D eigenvalue weighted by Crippen LogP contribution is 2.19. The van der Waals surface area contributed by atoms with E-state index in [0.717, 1.165) is 5.92 Å². The lowest BCUT2D eigenvalue weighted by molar-refractivity contribution is 0.685. The summed E-state index contributed by atoms with van der Waals surface area (Å²) < 4.78 is 0. The van der Waals surface area contributed by atoms with Crippen LogP contribution < -0.4 is 0 Å². The number of aryl methyl sites for hydroxylation is 2. The molecule has 0 aromatic heterocycles. The van der Waals surface area contributed by atoms with Crippen LogP contribution in [0.5, 0.6) is 0 Å². The molecule has 0 heterocycles. The van der Waals surface area contributed by atoms with Crippen molar-refractivity contribution in [3.8, 4) is 0 Å². The zero-order valence-electron chi connectivity index (χ0n) is 9.72. The predicted molar refractivity (Wildman–Crippen MR) is 70.3 cm³/mol. The van der Waals surface area contributed by atoms with Crippen LogP contribution in [0, 0.1) is 5.92 Å². The van der Waals surface area contributed by atoms with E-state index in [9.17, 15) is 0 Å². The average molecular weight is 206 g/mol. The van der Waals surface area contributed by atoms with E-state index in [4.69, 9.17) is 0 Å². The molecule has 1 aliphatic rings. The van der Waals surface area contributed by atoms with E-state index in [1.54, 1.807) is 11.1 Å². The van der Waals surface area contributed by atoms with E-state index >= 15 is 0 Å². The number of benzene rings is 1. The number of hydrogen-bond donors (Lipinski definition) is 0. The first-order valence-electron chi connectivity index (χ1n) is 5.77. The van der Waals surface area contributed by atoms with E-state index < -0.39 is 0 Å². The van der Waals surface area contributed by atoms with E-state index in [1.807, 2.05) is 0 Å². The molecular formula is C15H26. The third-order valence-electron chi connectivity index (χ3n) is 2.26. The number of fused-ring (bicyclic) bond motifs is 1. The molecule has 0 bridgehead atoms. The van der Waals surface area contributed by atoms with Gasteiger partial charge in [-0.05, 0) is 42.7 Å². The highest BCUT2D eigenvalue weighted by atomic mass is 14.1. The molecule has 0 atom stereocenters. The molecule has 2 rings (SSSR count). The maximum absolute atomic E-state index is 2.26. The van der Waals surface area contributed by atoms with Crippen LogP contribution in [0.25, 0.3) is 0 Å². The Morgan fingerprint density at radius 3 is 1.53 bits per heavy atom. The van der Waals surface area contributed by atoms with Crippen molar-refractivity contribution >= 4 is 0 Å². The number of hydrogen-bond acceptors (Lipinski definition) is 0. The second kappa shape index (κ2) is 7.50. The van der Waals surface area contributed by atoms with E-state index in [0.29, 0.717) is 0 Å². The van der Waals surface area contributed by atoms with Gasteiger partial charge in [0.15, 0.2) is 0 Å². The lowest BCUT2D eigenvalue weighted by atomic mass is 9.92. The molecule has 1 aromatic rings. The van der Waals surface area contributed by atoms with Crippen molar-refractivity contribution in [3.05, 3.63) is 35.4 Å². The van der Waals surface area contributed by atoms with Gasteiger partial charge in [0.25, 0.3) is 0 Å². The molecular weight excluding hydrogens is 180 g/mol. The summed E-state index contributed by atoms with van der Waals surface area (Å²) in [6.07, 6.45) is 5.38. The van der Waals surface area contributed by atoms with Crippen LogP contribution in [0.15, 0.2) is 24.3 Å². The monoisotopic (exact) mass is 206 g/mol. The van der Waals surface area contributed by atoms with Crippen LogP contribution in [-0.2, 0) is 12.8 Å². The van der Waals surface area contributed by atoms with Crippen molar-refractivity contribution in [2.75, 3.05) is 0 Å². The molecule has 0 spiro atoms. The minimum Gasteiger partial charge on any atom is -0.0776 e. The minimum absolute atomic E-state index is 0. The average Bonchev–Trinajstić information content (AvgIpc) is 2.17. The molecule has 0 N–H and O–H groups in total. The van der Waals surface area contributed by atoms with Gasteiger partial charge in [-0.1, -0.05) is 52.5 Å². The lowest BCUT2D eigenvalue weighted by Crippen LogP contribution is -2.00. The van der Waals surface area contributed by atoms with Gasteiger partial charge in [0.2, 0.25) is 0 Å². The first-order valence-corrected chi connectivity index (χ1v) is 5.77. The largest absolute Gasteiger partial charge is 0.0776 e. The van der Waals surface area contributed by atoms with Crippen LogP contribution in [0.4, 0.5) is 0 Å². The summed E-state index contributed by atoms with van der Waals surface area (Å²) in [5, 5.41) is 0. The summed E-state index contributed by atoms with van der Waals surface area (Å²) in [5.74, 6) is 0.833. The topological polar surface area (TPSA) is 0 Å². The fourth-order valence-corrected chi connectivity index (χ4v) is 1.68. The Morgan fingerprint density at radius 2 is 1.20 bits per heavy atom. The fraction of sp³-hybridized carbons (Fsp3) is 0.600. The summed E-state index contributed by atoms with van der Waals surface area (Å²) in [6, 6.07) is 8.80. The molecule has 1 aliphatic carbocycles. The third-order valence-corrected chi connectivity index (χ3v) is 2.26. The Balaban J connectivity index is 0.000000346. The van der Waals surface area contributed by atoms with Crippen LogP contribution in [0.3, 0.4) is 0 Å². The van der Waals surface area contributed by atoms with Gasteiger partial charge >= 0.3 is 0 Å². The maximum atomic E-state index is 2.26. The van der Waals surface area contributed by atoms with Crippen LogP contribution in [0.1, 0.15) is 52.2 Å². The lowest BCUT2D eigenvalue weighted by Gasteiger charge is -2.13. The second-order valence-electron chi connectivity index (χ2n) is 4.71. The number of rotatable bonds is 0. The first-order chi connectivity index (χ1) is 6.70. The molecule has 0 heteroatoms. The Labute approximate surface area is 95.7 Å². The summed E-state index contributed by atoms with van der Waals surface area (Å²) >= 11 is 0. The smallest absolute Gasteiger partial charge is 0.0276 e. The van der Waals surface area contributed by atoms with E-state index in [-0.39, 0.29) is 7.43 Å². The van der Waals surface area contributed by atoms with Crippen molar-refractivity contribution < 1.29 is 0 Å². The molecule has 0 amide bonds. The summed E-state index contributed by atoms with van der Waals surface area (Å²) in [4.78, 5) is 0. The fourth-order valence-electron chi connectivity index (χ4n) is 1.68. The van der Waals surface area contributed by atoms with Crippen molar-refractivity contribution in [1.82, 2.24) is 0 Å².